The van der Waals surface area contributed by atoms with Crippen molar-refractivity contribution in [3.8, 4) is 0 Å². The first-order valence-electron chi connectivity index (χ1n) is 8.10. The van der Waals surface area contributed by atoms with E-state index in [0.29, 0.717) is 5.92 Å². The van der Waals surface area contributed by atoms with Crippen molar-refractivity contribution in [2.24, 2.45) is 0 Å². The van der Waals surface area contributed by atoms with Crippen LogP contribution in [0, 0.1) is 5.82 Å². The molecule has 0 saturated heterocycles. The van der Waals surface area contributed by atoms with E-state index in [2.05, 4.69) is 20.1 Å². The number of nitrogens with zero attached hydrogens (tertiary/aromatic N) is 3. The van der Waals surface area contributed by atoms with Gasteiger partial charge in [-0.15, -0.1) is 10.2 Å². The van der Waals surface area contributed by atoms with Gasteiger partial charge in [-0.05, 0) is 36.6 Å². The first kappa shape index (κ1) is 13.6. The third-order valence-electron chi connectivity index (χ3n) is 4.78. The molecule has 2 aliphatic rings. The highest BCUT2D eigenvalue weighted by molar-refractivity contribution is 7.11. The molecule has 1 aliphatic heterocycles. The maximum absolute atomic E-state index is 13.6. The summed E-state index contributed by atoms with van der Waals surface area (Å²) in [6.45, 7) is 2.68. The number of rotatable bonds is 3. The molecule has 3 heterocycles. The number of hydrogen-bond donors (Lipinski definition) is 1. The molecule has 3 aromatic rings. The van der Waals surface area contributed by atoms with Crippen LogP contribution in [0.25, 0.3) is 10.9 Å². The number of fused-ring (bicyclic) bond motifs is 3. The predicted molar refractivity (Wildman–Crippen MR) is 88.0 cm³/mol. The summed E-state index contributed by atoms with van der Waals surface area (Å²) in [5, 5.41) is 12.0. The zero-order valence-electron chi connectivity index (χ0n) is 12.7. The van der Waals surface area contributed by atoms with E-state index in [1.807, 2.05) is 6.07 Å². The fourth-order valence-electron chi connectivity index (χ4n) is 3.39. The first-order chi connectivity index (χ1) is 11.3. The van der Waals surface area contributed by atoms with Crippen molar-refractivity contribution in [3.05, 3.63) is 45.3 Å². The lowest BCUT2D eigenvalue weighted by Gasteiger charge is -2.25. The summed E-state index contributed by atoms with van der Waals surface area (Å²) in [4.78, 5) is 5.82. The van der Waals surface area contributed by atoms with Crippen molar-refractivity contribution < 1.29 is 4.39 Å². The van der Waals surface area contributed by atoms with Crippen molar-refractivity contribution in [3.63, 3.8) is 0 Å². The van der Waals surface area contributed by atoms with Gasteiger partial charge >= 0.3 is 0 Å². The molecular weight excluding hydrogens is 311 g/mol. The molecule has 0 atom stereocenters. The van der Waals surface area contributed by atoms with E-state index in [1.165, 1.54) is 35.2 Å². The second kappa shape index (κ2) is 5.11. The third-order valence-corrected chi connectivity index (χ3v) is 5.85. The molecule has 2 aromatic heterocycles. The summed E-state index contributed by atoms with van der Waals surface area (Å²) in [7, 11) is 0. The maximum atomic E-state index is 13.6. The standard InChI is InChI=1S/C17H17FN4S/c18-11-3-4-14-12(7-11)13-8-22(6-5-15(13)19-14)9-16-20-21-17(23-16)10-1-2-10/h3-4,7,10,19H,1-2,5-6,8-9H2. The molecule has 0 unspecified atom stereocenters. The molecule has 4 nitrogen and oxygen atoms in total. The predicted octanol–water partition coefficient (Wildman–Crippen LogP) is 3.59. The minimum atomic E-state index is -0.172. The van der Waals surface area contributed by atoms with Gasteiger partial charge in [0, 0.05) is 42.0 Å². The summed E-state index contributed by atoms with van der Waals surface area (Å²) in [6, 6.07) is 4.99. The highest BCUT2D eigenvalue weighted by atomic mass is 32.1. The van der Waals surface area contributed by atoms with E-state index >= 15 is 0 Å². The molecule has 0 spiro atoms. The SMILES string of the molecule is Fc1ccc2[nH]c3c(c2c1)CN(Cc1nnc(C2CC2)s1)CC3. The lowest BCUT2D eigenvalue weighted by atomic mass is 10.0. The van der Waals surface area contributed by atoms with Crippen molar-refractivity contribution in [2.45, 2.75) is 38.3 Å². The van der Waals surface area contributed by atoms with Gasteiger partial charge in [-0.3, -0.25) is 4.90 Å². The lowest BCUT2D eigenvalue weighted by Crippen LogP contribution is -2.29. The van der Waals surface area contributed by atoms with Crippen LogP contribution in [0.3, 0.4) is 0 Å². The molecule has 0 bridgehead atoms. The van der Waals surface area contributed by atoms with Gasteiger partial charge in [-0.25, -0.2) is 4.39 Å². The van der Waals surface area contributed by atoms with Gasteiger partial charge in [-0.1, -0.05) is 11.3 Å². The monoisotopic (exact) mass is 328 g/mol. The number of nitrogens with one attached hydrogen (secondary N) is 1. The zero-order valence-corrected chi connectivity index (χ0v) is 13.5. The average Bonchev–Trinajstić information content (AvgIpc) is 3.20. The van der Waals surface area contributed by atoms with Crippen LogP contribution in [0.15, 0.2) is 18.2 Å². The van der Waals surface area contributed by atoms with Crippen LogP contribution in [-0.4, -0.2) is 26.6 Å². The van der Waals surface area contributed by atoms with E-state index in [-0.39, 0.29) is 5.82 Å². The second-order valence-electron chi connectivity index (χ2n) is 6.54. The Kier molecular flexibility index (Phi) is 3.03. The number of aromatic amines is 1. The van der Waals surface area contributed by atoms with Gasteiger partial charge in [0.05, 0.1) is 6.54 Å². The van der Waals surface area contributed by atoms with Gasteiger partial charge in [0.25, 0.3) is 0 Å². The summed E-state index contributed by atoms with van der Waals surface area (Å²) in [5.41, 5.74) is 3.51. The molecule has 1 N–H and O–H groups in total. The minimum Gasteiger partial charge on any atom is -0.358 e. The molecule has 0 amide bonds. The fourth-order valence-corrected chi connectivity index (χ4v) is 4.45. The van der Waals surface area contributed by atoms with Gasteiger partial charge in [0.15, 0.2) is 0 Å². The molecule has 1 saturated carbocycles. The Bertz CT molecular complexity index is 880. The molecule has 5 rings (SSSR count). The average molecular weight is 328 g/mol. The lowest BCUT2D eigenvalue weighted by molar-refractivity contribution is 0.245. The minimum absolute atomic E-state index is 0.172. The second-order valence-corrected chi connectivity index (χ2v) is 7.63. The van der Waals surface area contributed by atoms with E-state index in [4.69, 9.17) is 0 Å². The normalized spacial score (nSPS) is 18.5. The van der Waals surface area contributed by atoms with Gasteiger partial charge in [-0.2, -0.15) is 0 Å². The Labute approximate surface area is 137 Å². The van der Waals surface area contributed by atoms with Gasteiger partial charge in [0.1, 0.15) is 15.8 Å². The number of H-pyrrole nitrogens is 1. The van der Waals surface area contributed by atoms with E-state index < -0.39 is 0 Å². The Hall–Kier alpha value is -1.79. The van der Waals surface area contributed by atoms with Gasteiger partial charge in [0.2, 0.25) is 0 Å². The van der Waals surface area contributed by atoms with Crippen molar-refractivity contribution >= 4 is 22.2 Å². The van der Waals surface area contributed by atoms with E-state index in [0.717, 1.165) is 42.0 Å². The topological polar surface area (TPSA) is 44.8 Å². The highest BCUT2D eigenvalue weighted by Gasteiger charge is 2.28. The van der Waals surface area contributed by atoms with Crippen LogP contribution in [0.1, 0.15) is 40.0 Å². The van der Waals surface area contributed by atoms with Crippen LogP contribution < -0.4 is 0 Å². The Morgan fingerprint density at radius 1 is 1.30 bits per heavy atom. The molecule has 6 heteroatoms. The Morgan fingerprint density at radius 3 is 3.09 bits per heavy atom. The molecule has 118 valence electrons. The third kappa shape index (κ3) is 2.46. The van der Waals surface area contributed by atoms with Crippen LogP contribution in [0.5, 0.6) is 0 Å². The quantitative estimate of drug-likeness (QED) is 0.799. The van der Waals surface area contributed by atoms with Crippen LogP contribution in [-0.2, 0) is 19.5 Å². The summed E-state index contributed by atoms with van der Waals surface area (Å²) >= 11 is 1.75. The van der Waals surface area contributed by atoms with Gasteiger partial charge < -0.3 is 4.98 Å². The molecule has 23 heavy (non-hydrogen) atoms. The highest BCUT2D eigenvalue weighted by Crippen LogP contribution is 2.41. The zero-order chi connectivity index (χ0) is 15.4. The Balaban J connectivity index is 1.40. The first-order valence-corrected chi connectivity index (χ1v) is 8.91. The molecule has 1 fully saturated rings. The molecule has 1 aromatic carbocycles. The maximum Gasteiger partial charge on any atom is 0.131 e. The number of benzene rings is 1. The van der Waals surface area contributed by atoms with Crippen LogP contribution in [0.2, 0.25) is 0 Å². The Morgan fingerprint density at radius 2 is 2.22 bits per heavy atom. The summed E-state index contributed by atoms with van der Waals surface area (Å²) < 4.78 is 13.6. The molecular formula is C17H17FN4S. The van der Waals surface area contributed by atoms with E-state index in [1.54, 1.807) is 17.4 Å². The summed E-state index contributed by atoms with van der Waals surface area (Å²) in [6.07, 6.45) is 3.51. The summed E-state index contributed by atoms with van der Waals surface area (Å²) in [5.74, 6) is 0.500. The van der Waals surface area contributed by atoms with Crippen LogP contribution >= 0.6 is 11.3 Å². The molecule has 1 aliphatic carbocycles. The van der Waals surface area contributed by atoms with Crippen LogP contribution in [0.4, 0.5) is 4.39 Å². The number of hydrogen-bond acceptors (Lipinski definition) is 4. The largest absolute Gasteiger partial charge is 0.358 e. The van der Waals surface area contributed by atoms with Crippen molar-refractivity contribution in [1.82, 2.24) is 20.1 Å². The van der Waals surface area contributed by atoms with Crippen molar-refractivity contribution in [1.29, 1.82) is 0 Å². The van der Waals surface area contributed by atoms with E-state index in [9.17, 15) is 4.39 Å². The van der Waals surface area contributed by atoms with Crippen molar-refractivity contribution in [2.75, 3.05) is 6.54 Å². The molecule has 0 radical (unpaired) electrons. The number of halogens is 1. The number of aromatic nitrogens is 3. The smallest absolute Gasteiger partial charge is 0.131 e. The fraction of sp³-hybridized carbons (Fsp3) is 0.412.